The number of rotatable bonds is 10. The monoisotopic (exact) mass is 535 g/mol. The Hall–Kier alpha value is -3.34. The molecule has 0 unspecified atom stereocenters. The van der Waals surface area contributed by atoms with Crippen molar-refractivity contribution >= 4 is 22.4 Å². The third-order valence-corrected chi connectivity index (χ3v) is 6.82. The number of nitrogens with one attached hydrogen (secondary N) is 1. The van der Waals surface area contributed by atoms with Crippen molar-refractivity contribution in [3.8, 4) is 11.5 Å². The summed E-state index contributed by atoms with van der Waals surface area (Å²) in [4.78, 5) is 11.2. The molecule has 3 N–H and O–H groups in total. The molecule has 1 aliphatic carbocycles. The molecule has 0 saturated heterocycles. The van der Waals surface area contributed by atoms with Crippen LogP contribution in [0.5, 0.6) is 11.5 Å². The van der Waals surface area contributed by atoms with Crippen molar-refractivity contribution in [1.82, 2.24) is 14.9 Å². The van der Waals surface area contributed by atoms with E-state index in [-0.39, 0.29) is 17.3 Å². The Morgan fingerprint density at radius 2 is 1.84 bits per heavy atom. The first-order valence-corrected chi connectivity index (χ1v) is 12.5. The summed E-state index contributed by atoms with van der Waals surface area (Å²) >= 11 is 0. The van der Waals surface area contributed by atoms with Gasteiger partial charge in [-0.3, -0.25) is 0 Å². The van der Waals surface area contributed by atoms with Gasteiger partial charge in [0.15, 0.2) is 11.5 Å². The molecule has 0 aliphatic heterocycles. The Bertz CT molecular complexity index is 1310. The number of benzene rings is 2. The summed E-state index contributed by atoms with van der Waals surface area (Å²) in [6, 6.07) is 4.51. The normalized spacial score (nSPS) is 15.5. The van der Waals surface area contributed by atoms with E-state index >= 15 is 0 Å². The molecule has 38 heavy (non-hydrogen) atoms. The fraction of sp³-hybridized carbons (Fsp3) is 0.481. The number of nitrogens with zero attached hydrogens (tertiary/aromatic N) is 3. The molecule has 0 bridgehead atoms. The van der Waals surface area contributed by atoms with Crippen molar-refractivity contribution in [3.05, 3.63) is 47.0 Å². The number of hydrogen-bond donors (Lipinski definition) is 2. The average molecular weight is 536 g/mol. The molecule has 0 amide bonds. The highest BCUT2D eigenvalue weighted by Crippen LogP contribution is 2.38. The van der Waals surface area contributed by atoms with Crippen LogP contribution in [0.3, 0.4) is 0 Å². The zero-order chi connectivity index (χ0) is 27.8. The lowest BCUT2D eigenvalue weighted by atomic mass is 10.0. The molecular weight excluding hydrogens is 502 g/mol. The lowest BCUT2D eigenvalue weighted by Gasteiger charge is -2.25. The van der Waals surface area contributed by atoms with Crippen LogP contribution in [0.15, 0.2) is 24.3 Å². The summed E-state index contributed by atoms with van der Waals surface area (Å²) in [6.45, 7) is 6.76. The van der Waals surface area contributed by atoms with Crippen LogP contribution in [-0.2, 0) is 6.18 Å². The number of aromatic nitrogens is 2. The molecule has 4 rings (SSSR count). The van der Waals surface area contributed by atoms with E-state index in [4.69, 9.17) is 15.2 Å². The van der Waals surface area contributed by atoms with Gasteiger partial charge in [0.2, 0.25) is 0 Å². The predicted molar refractivity (Wildman–Crippen MR) is 139 cm³/mol. The number of likely N-dealkylation sites (N-methyl/N-ethyl adjacent to an activating group) is 1. The summed E-state index contributed by atoms with van der Waals surface area (Å²) in [7, 11) is 3.61. The van der Waals surface area contributed by atoms with E-state index in [2.05, 4.69) is 34.2 Å². The highest BCUT2D eigenvalue weighted by Gasteiger charge is 2.36. The van der Waals surface area contributed by atoms with Crippen LogP contribution in [-0.4, -0.2) is 48.2 Å². The molecule has 1 saturated carbocycles. The second-order valence-corrected chi connectivity index (χ2v) is 10.0. The van der Waals surface area contributed by atoms with E-state index in [1.165, 1.54) is 26.0 Å². The number of nitrogen functional groups attached to an aromatic ring is 1. The first-order chi connectivity index (χ1) is 17.9. The summed E-state index contributed by atoms with van der Waals surface area (Å²) in [5.41, 5.74) is 4.40. The van der Waals surface area contributed by atoms with Crippen LogP contribution in [0.4, 0.5) is 29.1 Å². The van der Waals surface area contributed by atoms with E-state index in [0.29, 0.717) is 46.7 Å². The maximum absolute atomic E-state index is 14.9. The van der Waals surface area contributed by atoms with Gasteiger partial charge in [-0.05, 0) is 64.8 Å². The predicted octanol–water partition coefficient (Wildman–Crippen LogP) is 5.97. The van der Waals surface area contributed by atoms with Crippen LogP contribution in [0.2, 0.25) is 0 Å². The van der Waals surface area contributed by atoms with Crippen LogP contribution in [0, 0.1) is 18.7 Å². The first kappa shape index (κ1) is 27.7. The Morgan fingerprint density at radius 1 is 1.13 bits per heavy atom. The first-order valence-electron chi connectivity index (χ1n) is 12.5. The SMILES string of the molecule is COc1cc2nc(C)nc(N[C@H](C)c3cc(N)cc(C(F)(F)F)c3F)c2cc1OC[C@@H](C)N(C)CC1CC1. The number of aryl methyl sites for hydroxylation is 1. The highest BCUT2D eigenvalue weighted by molar-refractivity contribution is 5.92. The largest absolute Gasteiger partial charge is 0.493 e. The standard InChI is InChI=1S/C27H33F4N5O2/c1-14(36(4)12-17-6-7-17)13-38-24-10-20-22(11-23(24)37-5)34-16(3)35-26(20)33-15(2)19-8-18(32)9-21(25(19)28)27(29,30)31/h8-11,14-15,17H,6-7,12-13,32H2,1-5H3,(H,33,34,35)/t14-,15-/m1/s1. The van der Waals surface area contributed by atoms with E-state index < -0.39 is 23.6 Å². The second-order valence-electron chi connectivity index (χ2n) is 10.0. The molecule has 3 aromatic rings. The summed E-state index contributed by atoms with van der Waals surface area (Å²) in [5.74, 6) is 1.08. The molecule has 1 heterocycles. The Balaban J connectivity index is 1.65. The maximum atomic E-state index is 14.9. The molecule has 7 nitrogen and oxygen atoms in total. The quantitative estimate of drug-likeness (QED) is 0.244. The minimum Gasteiger partial charge on any atom is -0.493 e. The van der Waals surface area contributed by atoms with Gasteiger partial charge >= 0.3 is 6.18 Å². The molecule has 1 aliphatic rings. The number of ether oxygens (including phenoxy) is 2. The molecule has 11 heteroatoms. The van der Waals surface area contributed by atoms with Crippen molar-refractivity contribution in [1.29, 1.82) is 0 Å². The fourth-order valence-electron chi connectivity index (χ4n) is 4.33. The van der Waals surface area contributed by atoms with Crippen LogP contribution in [0.1, 0.15) is 49.7 Å². The van der Waals surface area contributed by atoms with Crippen LogP contribution < -0.4 is 20.5 Å². The lowest BCUT2D eigenvalue weighted by molar-refractivity contribution is -0.140. The van der Waals surface area contributed by atoms with Crippen LogP contribution in [0.25, 0.3) is 10.9 Å². The highest BCUT2D eigenvalue weighted by atomic mass is 19.4. The Labute approximate surface area is 219 Å². The maximum Gasteiger partial charge on any atom is 0.419 e. The third-order valence-electron chi connectivity index (χ3n) is 6.82. The number of alkyl halides is 3. The number of fused-ring (bicyclic) bond motifs is 1. The fourth-order valence-corrected chi connectivity index (χ4v) is 4.33. The summed E-state index contributed by atoms with van der Waals surface area (Å²) in [5, 5.41) is 3.60. The van der Waals surface area contributed by atoms with Crippen molar-refractivity contribution in [3.63, 3.8) is 0 Å². The number of halogens is 4. The van der Waals surface area contributed by atoms with Crippen molar-refractivity contribution in [2.75, 3.05) is 38.4 Å². The van der Waals surface area contributed by atoms with Gasteiger partial charge in [-0.1, -0.05) is 0 Å². The van der Waals surface area contributed by atoms with Gasteiger partial charge < -0.3 is 25.4 Å². The number of methoxy groups -OCH3 is 1. The van der Waals surface area contributed by atoms with Gasteiger partial charge in [0.1, 0.15) is 24.1 Å². The molecular formula is C27H33F4N5O2. The summed E-state index contributed by atoms with van der Waals surface area (Å²) < 4.78 is 66.6. The molecule has 2 atom stereocenters. The molecule has 2 aromatic carbocycles. The van der Waals surface area contributed by atoms with Gasteiger partial charge in [-0.2, -0.15) is 13.2 Å². The van der Waals surface area contributed by atoms with E-state index in [0.717, 1.165) is 12.5 Å². The third kappa shape index (κ3) is 6.20. The average Bonchev–Trinajstić information content (AvgIpc) is 3.66. The second kappa shape index (κ2) is 10.8. The van der Waals surface area contributed by atoms with E-state index in [1.807, 2.05) is 0 Å². The van der Waals surface area contributed by atoms with Crippen LogP contribution >= 0.6 is 0 Å². The Morgan fingerprint density at radius 3 is 2.47 bits per heavy atom. The lowest BCUT2D eigenvalue weighted by Crippen LogP contribution is -2.35. The number of nitrogens with two attached hydrogens (primary N) is 1. The van der Waals surface area contributed by atoms with Gasteiger partial charge in [0.25, 0.3) is 0 Å². The van der Waals surface area contributed by atoms with Gasteiger partial charge in [-0.15, -0.1) is 0 Å². The smallest absolute Gasteiger partial charge is 0.419 e. The number of hydrogen-bond acceptors (Lipinski definition) is 7. The summed E-state index contributed by atoms with van der Waals surface area (Å²) in [6.07, 6.45) is -2.35. The molecule has 1 fully saturated rings. The molecule has 1 aromatic heterocycles. The van der Waals surface area contributed by atoms with E-state index in [1.54, 1.807) is 26.0 Å². The number of anilines is 2. The van der Waals surface area contributed by atoms with Crippen molar-refractivity contribution in [2.24, 2.45) is 5.92 Å². The minimum absolute atomic E-state index is 0.164. The van der Waals surface area contributed by atoms with Crippen molar-refractivity contribution in [2.45, 2.75) is 51.9 Å². The van der Waals surface area contributed by atoms with Gasteiger partial charge in [0.05, 0.1) is 24.2 Å². The molecule has 0 radical (unpaired) electrons. The topological polar surface area (TPSA) is 85.5 Å². The van der Waals surface area contributed by atoms with E-state index in [9.17, 15) is 17.6 Å². The zero-order valence-corrected chi connectivity index (χ0v) is 22.1. The zero-order valence-electron chi connectivity index (χ0n) is 22.1. The Kier molecular flexibility index (Phi) is 7.87. The minimum atomic E-state index is -4.88. The van der Waals surface area contributed by atoms with Gasteiger partial charge in [-0.25, -0.2) is 14.4 Å². The van der Waals surface area contributed by atoms with Gasteiger partial charge in [0, 0.05) is 35.3 Å². The molecule has 0 spiro atoms. The molecule has 206 valence electrons. The van der Waals surface area contributed by atoms with Crippen molar-refractivity contribution < 1.29 is 27.0 Å².